The van der Waals surface area contributed by atoms with Crippen LogP contribution < -0.4 is 10.1 Å². The summed E-state index contributed by atoms with van der Waals surface area (Å²) in [5, 5.41) is 3.34. The average Bonchev–Trinajstić information content (AvgIpc) is 2.48. The summed E-state index contributed by atoms with van der Waals surface area (Å²) in [6.07, 6.45) is 3.39. The largest absolute Gasteiger partial charge is 0.497 e. The second kappa shape index (κ2) is 6.20. The third kappa shape index (κ3) is 3.16. The van der Waals surface area contributed by atoms with E-state index in [1.54, 1.807) is 7.11 Å². The van der Waals surface area contributed by atoms with Crippen molar-refractivity contribution in [3.05, 3.63) is 29.8 Å². The van der Waals surface area contributed by atoms with Crippen molar-refractivity contribution in [3.63, 3.8) is 0 Å². The van der Waals surface area contributed by atoms with Gasteiger partial charge in [0.25, 0.3) is 0 Å². The molecule has 0 spiro atoms. The molecule has 1 aromatic carbocycles. The summed E-state index contributed by atoms with van der Waals surface area (Å²) >= 11 is 0. The summed E-state index contributed by atoms with van der Waals surface area (Å²) in [5.74, 6) is 1.20. The molecule has 1 fully saturated rings. The van der Waals surface area contributed by atoms with Gasteiger partial charge in [-0.3, -0.25) is 4.79 Å². The molecule has 1 saturated heterocycles. The van der Waals surface area contributed by atoms with Crippen molar-refractivity contribution in [2.24, 2.45) is 5.41 Å². The van der Waals surface area contributed by atoms with E-state index >= 15 is 0 Å². The van der Waals surface area contributed by atoms with Crippen molar-refractivity contribution in [2.75, 3.05) is 20.2 Å². The molecule has 0 bridgehead atoms. The van der Waals surface area contributed by atoms with Crippen LogP contribution in [-0.2, 0) is 11.2 Å². The number of carbonyl (C=O) groups is 1. The Morgan fingerprint density at radius 3 is 2.74 bits per heavy atom. The zero-order chi connectivity index (χ0) is 13.7. The number of ether oxygens (including phenoxy) is 1. The van der Waals surface area contributed by atoms with Crippen LogP contribution in [0.15, 0.2) is 24.3 Å². The number of carbonyl (C=O) groups excluding carboxylic acids is 1. The predicted octanol–water partition coefficient (Wildman–Crippen LogP) is 2.59. The van der Waals surface area contributed by atoms with Gasteiger partial charge in [0.1, 0.15) is 11.5 Å². The lowest BCUT2D eigenvalue weighted by atomic mass is 9.72. The van der Waals surface area contributed by atoms with Gasteiger partial charge < -0.3 is 10.1 Å². The summed E-state index contributed by atoms with van der Waals surface area (Å²) in [4.78, 5) is 12.7. The first-order valence-electron chi connectivity index (χ1n) is 7.07. The molecule has 0 aromatic heterocycles. The maximum atomic E-state index is 12.7. The monoisotopic (exact) mass is 261 g/mol. The molecule has 2 rings (SSSR count). The summed E-state index contributed by atoms with van der Waals surface area (Å²) in [7, 11) is 1.65. The Balaban J connectivity index is 2.10. The fourth-order valence-electron chi connectivity index (χ4n) is 2.89. The number of hydrogen-bond acceptors (Lipinski definition) is 3. The maximum absolute atomic E-state index is 12.7. The molecule has 1 N–H and O–H groups in total. The molecule has 1 heterocycles. The Labute approximate surface area is 115 Å². The van der Waals surface area contributed by atoms with Gasteiger partial charge in [0.2, 0.25) is 0 Å². The lowest BCUT2D eigenvalue weighted by molar-refractivity contribution is -0.129. The Morgan fingerprint density at radius 1 is 1.37 bits per heavy atom. The quantitative estimate of drug-likeness (QED) is 0.885. The van der Waals surface area contributed by atoms with E-state index in [4.69, 9.17) is 4.74 Å². The van der Waals surface area contributed by atoms with Gasteiger partial charge in [0.05, 0.1) is 7.11 Å². The normalized spacial score (nSPS) is 18.0. The van der Waals surface area contributed by atoms with Crippen molar-refractivity contribution in [3.8, 4) is 5.75 Å². The molecule has 1 aromatic rings. The van der Waals surface area contributed by atoms with Gasteiger partial charge in [0, 0.05) is 11.8 Å². The number of piperidine rings is 1. The number of hydrogen-bond donors (Lipinski definition) is 1. The second-order valence-corrected chi connectivity index (χ2v) is 5.34. The SMILES string of the molecule is CCC1(C(=O)Cc2cccc(OC)c2)CCNCC1. The average molecular weight is 261 g/mol. The highest BCUT2D eigenvalue weighted by atomic mass is 16.5. The standard InChI is InChI=1S/C16H23NO2/c1-3-16(7-9-17-10-8-16)15(18)12-13-5-4-6-14(11-13)19-2/h4-6,11,17H,3,7-10,12H2,1-2H3. The van der Waals surface area contributed by atoms with Gasteiger partial charge in [-0.2, -0.15) is 0 Å². The topological polar surface area (TPSA) is 38.3 Å². The van der Waals surface area contributed by atoms with Gasteiger partial charge in [-0.05, 0) is 50.0 Å². The van der Waals surface area contributed by atoms with E-state index < -0.39 is 0 Å². The Hall–Kier alpha value is -1.35. The van der Waals surface area contributed by atoms with Crippen molar-refractivity contribution < 1.29 is 9.53 Å². The van der Waals surface area contributed by atoms with E-state index in [-0.39, 0.29) is 5.41 Å². The van der Waals surface area contributed by atoms with E-state index in [1.165, 1.54) is 0 Å². The van der Waals surface area contributed by atoms with Crippen LogP contribution in [0.25, 0.3) is 0 Å². The Kier molecular flexibility index (Phi) is 4.59. The fraction of sp³-hybridized carbons (Fsp3) is 0.562. The minimum absolute atomic E-state index is 0.117. The lowest BCUT2D eigenvalue weighted by Crippen LogP contribution is -2.42. The molecule has 1 aliphatic rings. The zero-order valence-corrected chi connectivity index (χ0v) is 11.9. The highest BCUT2D eigenvalue weighted by Gasteiger charge is 2.36. The molecule has 1 aliphatic heterocycles. The van der Waals surface area contributed by atoms with Crippen molar-refractivity contribution in [1.29, 1.82) is 0 Å². The fourth-order valence-corrected chi connectivity index (χ4v) is 2.89. The number of benzene rings is 1. The van der Waals surface area contributed by atoms with Crippen LogP contribution in [0.1, 0.15) is 31.7 Å². The number of rotatable bonds is 5. The molecule has 3 nitrogen and oxygen atoms in total. The Bertz CT molecular complexity index is 436. The zero-order valence-electron chi connectivity index (χ0n) is 11.9. The minimum Gasteiger partial charge on any atom is -0.497 e. The van der Waals surface area contributed by atoms with Gasteiger partial charge >= 0.3 is 0 Å². The lowest BCUT2D eigenvalue weighted by Gasteiger charge is -2.35. The summed E-state index contributed by atoms with van der Waals surface area (Å²) < 4.78 is 5.21. The van der Waals surface area contributed by atoms with Crippen LogP contribution in [0.3, 0.4) is 0 Å². The van der Waals surface area contributed by atoms with Gasteiger partial charge in [0.15, 0.2) is 0 Å². The highest BCUT2D eigenvalue weighted by Crippen LogP contribution is 2.34. The molecule has 0 aliphatic carbocycles. The van der Waals surface area contributed by atoms with E-state index in [2.05, 4.69) is 12.2 Å². The number of nitrogens with one attached hydrogen (secondary N) is 1. The van der Waals surface area contributed by atoms with E-state index in [0.717, 1.165) is 43.7 Å². The predicted molar refractivity (Wildman–Crippen MR) is 76.5 cm³/mol. The van der Waals surface area contributed by atoms with Crippen LogP contribution in [0.4, 0.5) is 0 Å². The highest BCUT2D eigenvalue weighted by molar-refractivity contribution is 5.87. The maximum Gasteiger partial charge on any atom is 0.143 e. The van der Waals surface area contributed by atoms with Crippen molar-refractivity contribution in [2.45, 2.75) is 32.6 Å². The van der Waals surface area contributed by atoms with Crippen molar-refractivity contribution >= 4 is 5.78 Å². The summed E-state index contributed by atoms with van der Waals surface area (Å²) in [6.45, 7) is 4.05. The van der Waals surface area contributed by atoms with Crippen LogP contribution in [0.2, 0.25) is 0 Å². The molecular formula is C16H23NO2. The number of Topliss-reactive ketones (excluding diaryl/α,β-unsaturated/α-hetero) is 1. The van der Waals surface area contributed by atoms with Crippen LogP contribution in [-0.4, -0.2) is 26.0 Å². The molecule has 0 atom stereocenters. The number of methoxy groups -OCH3 is 1. The second-order valence-electron chi connectivity index (χ2n) is 5.34. The molecule has 0 saturated carbocycles. The summed E-state index contributed by atoms with van der Waals surface area (Å²) in [6, 6.07) is 7.82. The number of ketones is 1. The van der Waals surface area contributed by atoms with E-state index in [9.17, 15) is 4.79 Å². The first-order chi connectivity index (χ1) is 9.20. The molecule has 0 unspecified atom stereocenters. The van der Waals surface area contributed by atoms with E-state index in [0.29, 0.717) is 12.2 Å². The first kappa shape index (κ1) is 14.1. The van der Waals surface area contributed by atoms with Gasteiger partial charge in [-0.1, -0.05) is 19.1 Å². The molecule has 0 amide bonds. The first-order valence-corrected chi connectivity index (χ1v) is 7.07. The van der Waals surface area contributed by atoms with Crippen LogP contribution in [0.5, 0.6) is 5.75 Å². The van der Waals surface area contributed by atoms with E-state index in [1.807, 2.05) is 24.3 Å². The Morgan fingerprint density at radius 2 is 2.11 bits per heavy atom. The van der Waals surface area contributed by atoms with Gasteiger partial charge in [-0.15, -0.1) is 0 Å². The molecular weight excluding hydrogens is 238 g/mol. The van der Waals surface area contributed by atoms with Crippen molar-refractivity contribution in [1.82, 2.24) is 5.32 Å². The van der Waals surface area contributed by atoms with Gasteiger partial charge in [-0.25, -0.2) is 0 Å². The summed E-state index contributed by atoms with van der Waals surface area (Å²) in [5.41, 5.74) is 0.935. The smallest absolute Gasteiger partial charge is 0.143 e. The molecule has 104 valence electrons. The van der Waals surface area contributed by atoms with Crippen LogP contribution >= 0.6 is 0 Å². The van der Waals surface area contributed by atoms with Crippen LogP contribution in [0, 0.1) is 5.41 Å². The third-order valence-electron chi connectivity index (χ3n) is 4.33. The minimum atomic E-state index is -0.117. The molecule has 0 radical (unpaired) electrons. The third-order valence-corrected chi connectivity index (χ3v) is 4.33. The molecule has 3 heteroatoms. The molecule has 19 heavy (non-hydrogen) atoms.